The van der Waals surface area contributed by atoms with E-state index in [9.17, 15) is 4.39 Å². The quantitative estimate of drug-likeness (QED) is 0.897. The van der Waals surface area contributed by atoms with Gasteiger partial charge in [0.25, 0.3) is 0 Å². The van der Waals surface area contributed by atoms with E-state index in [1.54, 1.807) is 29.7 Å². The van der Waals surface area contributed by atoms with Crippen molar-refractivity contribution in [3.05, 3.63) is 51.2 Å². The summed E-state index contributed by atoms with van der Waals surface area (Å²) in [5.74, 6) is -0.395. The fourth-order valence-corrected chi connectivity index (χ4v) is 2.63. The van der Waals surface area contributed by atoms with E-state index in [2.05, 4.69) is 17.2 Å². The van der Waals surface area contributed by atoms with Crippen LogP contribution in [0.25, 0.3) is 0 Å². The predicted molar refractivity (Wildman–Crippen MR) is 73.7 cm³/mol. The minimum atomic E-state index is -0.395. The molecular weight excluding hydrogens is 271 g/mol. The molecule has 5 heteroatoms. The first-order valence-electron chi connectivity index (χ1n) is 5.80. The third kappa shape index (κ3) is 3.07. The Morgan fingerprint density at radius 2 is 2.33 bits per heavy atom. The Kier molecular flexibility index (Phi) is 4.69. The van der Waals surface area contributed by atoms with E-state index in [1.165, 1.54) is 6.07 Å². The lowest BCUT2D eigenvalue weighted by Gasteiger charge is -2.17. The molecule has 0 aliphatic heterocycles. The Morgan fingerprint density at radius 1 is 1.50 bits per heavy atom. The molecule has 1 aromatic heterocycles. The summed E-state index contributed by atoms with van der Waals surface area (Å²) in [5.41, 5.74) is 0.935. The van der Waals surface area contributed by atoms with Crippen LogP contribution >= 0.6 is 22.9 Å². The van der Waals surface area contributed by atoms with Gasteiger partial charge in [-0.15, -0.1) is 11.3 Å². The zero-order valence-electron chi connectivity index (χ0n) is 9.99. The Hall–Kier alpha value is -0.970. The number of nitrogens with one attached hydrogen (secondary N) is 1. The van der Waals surface area contributed by atoms with Gasteiger partial charge in [-0.05, 0) is 30.7 Å². The van der Waals surface area contributed by atoms with Crippen molar-refractivity contribution in [2.45, 2.75) is 19.4 Å². The lowest BCUT2D eigenvalue weighted by Crippen LogP contribution is -2.23. The van der Waals surface area contributed by atoms with Crippen molar-refractivity contribution in [2.75, 3.05) is 6.54 Å². The first-order valence-corrected chi connectivity index (χ1v) is 7.06. The van der Waals surface area contributed by atoms with Crippen LogP contribution in [-0.4, -0.2) is 11.5 Å². The molecule has 96 valence electrons. The molecular formula is C13H14ClFN2S. The van der Waals surface area contributed by atoms with Crippen LogP contribution in [0.4, 0.5) is 4.39 Å². The van der Waals surface area contributed by atoms with Gasteiger partial charge in [0.05, 0.1) is 11.1 Å². The molecule has 18 heavy (non-hydrogen) atoms. The molecule has 2 nitrogen and oxygen atoms in total. The Labute approximate surface area is 115 Å². The summed E-state index contributed by atoms with van der Waals surface area (Å²) in [6.45, 7) is 2.97. The Bertz CT molecular complexity index is 502. The summed E-state index contributed by atoms with van der Waals surface area (Å²) in [6.07, 6.45) is 2.79. The molecule has 0 spiro atoms. The van der Waals surface area contributed by atoms with Gasteiger partial charge in [0.15, 0.2) is 0 Å². The first kappa shape index (κ1) is 13.5. The summed E-state index contributed by atoms with van der Waals surface area (Å²) in [4.78, 5) is 4.32. The first-order chi connectivity index (χ1) is 8.72. The van der Waals surface area contributed by atoms with Crippen LogP contribution < -0.4 is 5.32 Å². The normalized spacial score (nSPS) is 12.6. The monoisotopic (exact) mass is 284 g/mol. The van der Waals surface area contributed by atoms with Crippen LogP contribution in [0.1, 0.15) is 30.0 Å². The molecule has 1 unspecified atom stereocenters. The van der Waals surface area contributed by atoms with Gasteiger partial charge < -0.3 is 5.32 Å². The average Bonchev–Trinajstić information content (AvgIpc) is 2.88. The third-order valence-corrected chi connectivity index (χ3v) is 3.70. The summed E-state index contributed by atoms with van der Waals surface area (Å²) < 4.78 is 13.2. The van der Waals surface area contributed by atoms with Crippen LogP contribution in [-0.2, 0) is 0 Å². The summed E-state index contributed by atoms with van der Waals surface area (Å²) >= 11 is 7.41. The summed E-state index contributed by atoms with van der Waals surface area (Å²) in [7, 11) is 0. The standard InChI is InChI=1S/C13H14ClFN2S/c1-2-5-16-12(13-17-6-7-18-13)9-3-4-11(15)10(14)8-9/h3-4,6-8,12,16H,2,5H2,1H3. The lowest BCUT2D eigenvalue weighted by molar-refractivity contribution is 0.591. The number of nitrogens with zero attached hydrogens (tertiary/aromatic N) is 1. The number of aromatic nitrogens is 1. The van der Waals surface area contributed by atoms with E-state index in [4.69, 9.17) is 11.6 Å². The van der Waals surface area contributed by atoms with Crippen LogP contribution in [0.15, 0.2) is 29.8 Å². The SMILES string of the molecule is CCCNC(c1ccc(F)c(Cl)c1)c1nccs1. The molecule has 2 rings (SSSR count). The van der Waals surface area contributed by atoms with Crippen molar-refractivity contribution < 1.29 is 4.39 Å². The number of hydrogen-bond donors (Lipinski definition) is 1. The van der Waals surface area contributed by atoms with Crippen LogP contribution in [0.3, 0.4) is 0 Å². The van der Waals surface area contributed by atoms with Gasteiger partial charge in [-0.1, -0.05) is 24.6 Å². The maximum atomic E-state index is 13.2. The molecule has 0 saturated heterocycles. The van der Waals surface area contributed by atoms with E-state index < -0.39 is 5.82 Å². The van der Waals surface area contributed by atoms with Gasteiger partial charge in [0.2, 0.25) is 0 Å². The number of thiazole rings is 1. The van der Waals surface area contributed by atoms with Gasteiger partial charge >= 0.3 is 0 Å². The molecule has 0 saturated carbocycles. The topological polar surface area (TPSA) is 24.9 Å². The second kappa shape index (κ2) is 6.27. The maximum absolute atomic E-state index is 13.2. The fourth-order valence-electron chi connectivity index (χ4n) is 1.71. The van der Waals surface area contributed by atoms with Crippen LogP contribution in [0, 0.1) is 5.82 Å². The Balaban J connectivity index is 2.30. The highest BCUT2D eigenvalue weighted by Crippen LogP contribution is 2.27. The summed E-state index contributed by atoms with van der Waals surface area (Å²) in [6, 6.07) is 4.77. The van der Waals surface area contributed by atoms with Gasteiger partial charge in [0, 0.05) is 11.6 Å². The molecule has 1 atom stereocenters. The molecule has 0 aliphatic rings. The van der Waals surface area contributed by atoms with Gasteiger partial charge in [-0.2, -0.15) is 0 Å². The minimum Gasteiger partial charge on any atom is -0.304 e. The molecule has 1 aromatic carbocycles. The third-order valence-electron chi connectivity index (χ3n) is 2.57. The smallest absolute Gasteiger partial charge is 0.141 e. The largest absolute Gasteiger partial charge is 0.304 e. The van der Waals surface area contributed by atoms with Crippen molar-refractivity contribution in [2.24, 2.45) is 0 Å². The highest BCUT2D eigenvalue weighted by molar-refractivity contribution is 7.09. The van der Waals surface area contributed by atoms with Crippen LogP contribution in [0.2, 0.25) is 5.02 Å². The van der Waals surface area contributed by atoms with E-state index >= 15 is 0 Å². The highest BCUT2D eigenvalue weighted by Gasteiger charge is 2.16. The number of benzene rings is 1. The van der Waals surface area contributed by atoms with Crippen molar-refractivity contribution >= 4 is 22.9 Å². The highest BCUT2D eigenvalue weighted by atomic mass is 35.5. The molecule has 0 bridgehead atoms. The molecule has 0 fully saturated rings. The second-order valence-corrected chi connectivity index (χ2v) is 5.26. The second-order valence-electron chi connectivity index (χ2n) is 3.93. The number of halogens is 2. The van der Waals surface area contributed by atoms with Gasteiger partial charge in [-0.25, -0.2) is 9.37 Å². The predicted octanol–water partition coefficient (Wildman–Crippen LogP) is 4.02. The molecule has 1 heterocycles. The number of rotatable bonds is 5. The average molecular weight is 285 g/mol. The molecule has 1 N–H and O–H groups in total. The molecule has 0 aliphatic carbocycles. The van der Waals surface area contributed by atoms with Crippen LogP contribution in [0.5, 0.6) is 0 Å². The number of hydrogen-bond acceptors (Lipinski definition) is 3. The molecule has 0 amide bonds. The van der Waals surface area contributed by atoms with Crippen molar-refractivity contribution in [3.63, 3.8) is 0 Å². The van der Waals surface area contributed by atoms with Gasteiger partial charge in [-0.3, -0.25) is 0 Å². The Morgan fingerprint density at radius 3 is 2.94 bits per heavy atom. The summed E-state index contributed by atoms with van der Waals surface area (Å²) in [5, 5.41) is 6.44. The van der Waals surface area contributed by atoms with E-state index in [1.807, 2.05) is 5.38 Å². The lowest BCUT2D eigenvalue weighted by atomic mass is 10.1. The minimum absolute atomic E-state index is 0.0250. The molecule has 2 aromatic rings. The maximum Gasteiger partial charge on any atom is 0.141 e. The van der Waals surface area contributed by atoms with Gasteiger partial charge in [0.1, 0.15) is 10.8 Å². The van der Waals surface area contributed by atoms with Crippen molar-refractivity contribution in [1.29, 1.82) is 0 Å². The molecule has 0 radical (unpaired) electrons. The van der Waals surface area contributed by atoms with Crippen molar-refractivity contribution in [1.82, 2.24) is 10.3 Å². The fraction of sp³-hybridized carbons (Fsp3) is 0.308. The van der Waals surface area contributed by atoms with E-state index in [0.717, 1.165) is 23.5 Å². The van der Waals surface area contributed by atoms with E-state index in [-0.39, 0.29) is 11.1 Å². The van der Waals surface area contributed by atoms with E-state index in [0.29, 0.717) is 0 Å². The zero-order valence-corrected chi connectivity index (χ0v) is 11.6. The zero-order chi connectivity index (χ0) is 13.0. The van der Waals surface area contributed by atoms with Crippen molar-refractivity contribution in [3.8, 4) is 0 Å².